The third-order valence-electron chi connectivity index (χ3n) is 2.05. The Morgan fingerprint density at radius 1 is 1.35 bits per heavy atom. The van der Waals surface area contributed by atoms with Crippen LogP contribution in [0.4, 0.5) is 4.39 Å². The summed E-state index contributed by atoms with van der Waals surface area (Å²) >= 11 is 3.03. The van der Waals surface area contributed by atoms with Crippen LogP contribution in [0.3, 0.4) is 0 Å². The molecule has 0 unspecified atom stereocenters. The van der Waals surface area contributed by atoms with Crippen LogP contribution in [0.5, 0.6) is 0 Å². The van der Waals surface area contributed by atoms with Crippen molar-refractivity contribution in [2.45, 2.75) is 20.1 Å². The minimum atomic E-state index is -0.967. The molecule has 0 atom stereocenters. The lowest BCUT2D eigenvalue weighted by Gasteiger charge is -2.15. The van der Waals surface area contributed by atoms with E-state index >= 15 is 0 Å². The van der Waals surface area contributed by atoms with Crippen LogP contribution >= 0.6 is 15.9 Å². The van der Waals surface area contributed by atoms with Crippen LogP contribution in [0.2, 0.25) is 0 Å². The van der Waals surface area contributed by atoms with Gasteiger partial charge in [-0.3, -0.25) is 4.79 Å². The summed E-state index contributed by atoms with van der Waals surface area (Å²) in [4.78, 5) is 12.0. The van der Waals surface area contributed by atoms with Crippen molar-refractivity contribution in [2.75, 3.05) is 13.2 Å². The van der Waals surface area contributed by atoms with Crippen molar-refractivity contribution in [3.05, 3.63) is 34.1 Å². The first-order chi connectivity index (χ1) is 8.10. The summed E-state index contributed by atoms with van der Waals surface area (Å²) in [7, 11) is 0. The minimum absolute atomic E-state index is 0.234. The van der Waals surface area contributed by atoms with Crippen LogP contribution in [-0.2, 0) is 9.47 Å². The molecule has 0 aliphatic heterocycles. The number of hydrogen-bond donors (Lipinski definition) is 0. The Balaban J connectivity index is 2.88. The molecule has 17 heavy (non-hydrogen) atoms. The van der Waals surface area contributed by atoms with Crippen molar-refractivity contribution in [2.24, 2.45) is 0 Å². The van der Waals surface area contributed by atoms with Gasteiger partial charge in [0.15, 0.2) is 0 Å². The standard InChI is InChI=1S/C12H14BrFO3/c1-3-16-12(17-4-2)11(15)8-5-6-9(13)10(14)7-8/h5-7,12H,3-4H2,1-2H3. The highest BCUT2D eigenvalue weighted by Crippen LogP contribution is 2.18. The molecule has 5 heteroatoms. The van der Waals surface area contributed by atoms with Crippen LogP contribution in [0.15, 0.2) is 22.7 Å². The molecule has 0 aliphatic rings. The van der Waals surface area contributed by atoms with Gasteiger partial charge in [0.2, 0.25) is 12.1 Å². The number of halogens is 2. The molecule has 1 aromatic rings. The highest BCUT2D eigenvalue weighted by Gasteiger charge is 2.21. The van der Waals surface area contributed by atoms with E-state index in [0.29, 0.717) is 17.7 Å². The highest BCUT2D eigenvalue weighted by molar-refractivity contribution is 9.10. The van der Waals surface area contributed by atoms with E-state index < -0.39 is 12.1 Å². The van der Waals surface area contributed by atoms with E-state index in [-0.39, 0.29) is 11.3 Å². The van der Waals surface area contributed by atoms with Gasteiger partial charge >= 0.3 is 0 Å². The van der Waals surface area contributed by atoms with Crippen LogP contribution in [0.1, 0.15) is 24.2 Å². The molecule has 1 rings (SSSR count). The fraction of sp³-hybridized carbons (Fsp3) is 0.417. The van der Waals surface area contributed by atoms with Gasteiger partial charge in [-0.1, -0.05) is 0 Å². The lowest BCUT2D eigenvalue weighted by atomic mass is 10.1. The smallest absolute Gasteiger partial charge is 0.222 e. The van der Waals surface area contributed by atoms with Gasteiger partial charge in [-0.05, 0) is 48.0 Å². The predicted molar refractivity (Wildman–Crippen MR) is 65.5 cm³/mol. The Kier molecular flexibility index (Phi) is 5.74. The van der Waals surface area contributed by atoms with Gasteiger partial charge < -0.3 is 9.47 Å². The number of carbonyl (C=O) groups is 1. The number of benzene rings is 1. The molecule has 0 aliphatic carbocycles. The van der Waals surface area contributed by atoms with Crippen LogP contribution in [0, 0.1) is 5.82 Å². The molecule has 0 aromatic heterocycles. The van der Waals surface area contributed by atoms with E-state index in [9.17, 15) is 9.18 Å². The summed E-state index contributed by atoms with van der Waals surface area (Å²) in [5, 5.41) is 0. The fourth-order valence-electron chi connectivity index (χ4n) is 1.29. The summed E-state index contributed by atoms with van der Waals surface area (Å²) in [5.41, 5.74) is 0.234. The quantitative estimate of drug-likeness (QED) is 0.598. The van der Waals surface area contributed by atoms with Crippen LogP contribution in [-0.4, -0.2) is 25.3 Å². The second-order valence-corrected chi connectivity index (χ2v) is 4.09. The van der Waals surface area contributed by atoms with Crippen molar-refractivity contribution in [3.8, 4) is 0 Å². The summed E-state index contributed by atoms with van der Waals surface area (Å²) < 4.78 is 23.9. The molecular formula is C12H14BrFO3. The molecule has 3 nitrogen and oxygen atoms in total. The van der Waals surface area contributed by atoms with Crippen molar-refractivity contribution < 1.29 is 18.7 Å². The van der Waals surface area contributed by atoms with Crippen molar-refractivity contribution in [1.29, 1.82) is 0 Å². The van der Waals surface area contributed by atoms with Gasteiger partial charge in [0.1, 0.15) is 5.82 Å². The SMILES string of the molecule is CCOC(OCC)C(=O)c1ccc(Br)c(F)c1. The fourth-order valence-corrected chi connectivity index (χ4v) is 1.53. The zero-order valence-electron chi connectivity index (χ0n) is 9.70. The van der Waals surface area contributed by atoms with E-state index in [1.807, 2.05) is 0 Å². The summed E-state index contributed by atoms with van der Waals surface area (Å²) in [6.07, 6.45) is -0.967. The topological polar surface area (TPSA) is 35.5 Å². The molecule has 0 radical (unpaired) electrons. The summed E-state index contributed by atoms with van der Waals surface area (Å²) in [5.74, 6) is -0.859. The van der Waals surface area contributed by atoms with E-state index in [0.717, 1.165) is 6.07 Å². The predicted octanol–water partition coefficient (Wildman–Crippen LogP) is 3.17. The molecule has 0 heterocycles. The van der Waals surface area contributed by atoms with E-state index in [1.54, 1.807) is 13.8 Å². The third-order valence-corrected chi connectivity index (χ3v) is 2.70. The first kappa shape index (κ1) is 14.3. The lowest BCUT2D eigenvalue weighted by molar-refractivity contribution is -0.107. The van der Waals surface area contributed by atoms with E-state index in [1.165, 1.54) is 12.1 Å². The highest BCUT2D eigenvalue weighted by atomic mass is 79.9. The van der Waals surface area contributed by atoms with E-state index in [4.69, 9.17) is 9.47 Å². The normalized spacial score (nSPS) is 10.9. The maximum Gasteiger partial charge on any atom is 0.222 e. The number of hydrogen-bond acceptors (Lipinski definition) is 3. The molecule has 0 amide bonds. The van der Waals surface area contributed by atoms with Gasteiger partial charge in [0, 0.05) is 18.8 Å². The molecule has 0 N–H and O–H groups in total. The number of rotatable bonds is 6. The van der Waals surface area contributed by atoms with Crippen LogP contribution < -0.4 is 0 Å². The molecule has 0 fully saturated rings. The van der Waals surface area contributed by atoms with Crippen LogP contribution in [0.25, 0.3) is 0 Å². The van der Waals surface area contributed by atoms with Gasteiger partial charge in [-0.2, -0.15) is 0 Å². The lowest BCUT2D eigenvalue weighted by Crippen LogP contribution is -2.27. The zero-order valence-corrected chi connectivity index (χ0v) is 11.3. The summed E-state index contributed by atoms with van der Waals surface area (Å²) in [6, 6.07) is 4.18. The first-order valence-corrected chi connectivity index (χ1v) is 6.11. The molecule has 94 valence electrons. The van der Waals surface area contributed by atoms with Gasteiger partial charge in [-0.25, -0.2) is 4.39 Å². The number of Topliss-reactive ketones (excluding diaryl/α,β-unsaturated/α-hetero) is 1. The molecule has 0 saturated heterocycles. The summed E-state index contributed by atoms with van der Waals surface area (Å²) in [6.45, 7) is 4.24. The van der Waals surface area contributed by atoms with E-state index in [2.05, 4.69) is 15.9 Å². The largest absolute Gasteiger partial charge is 0.346 e. The number of carbonyl (C=O) groups excluding carboxylic acids is 1. The maximum atomic E-state index is 13.3. The monoisotopic (exact) mass is 304 g/mol. The Bertz CT molecular complexity index is 389. The first-order valence-electron chi connectivity index (χ1n) is 5.32. The Hall–Kier alpha value is -0.780. The van der Waals surface area contributed by atoms with Gasteiger partial charge in [0.05, 0.1) is 4.47 Å². The minimum Gasteiger partial charge on any atom is -0.346 e. The number of ketones is 1. The second kappa shape index (κ2) is 6.83. The maximum absolute atomic E-state index is 13.3. The molecule has 1 aromatic carbocycles. The Morgan fingerprint density at radius 3 is 2.41 bits per heavy atom. The molecule has 0 saturated carbocycles. The van der Waals surface area contributed by atoms with Crippen molar-refractivity contribution in [3.63, 3.8) is 0 Å². The van der Waals surface area contributed by atoms with Gasteiger partial charge in [-0.15, -0.1) is 0 Å². The Morgan fingerprint density at radius 2 is 1.94 bits per heavy atom. The second-order valence-electron chi connectivity index (χ2n) is 3.24. The average Bonchev–Trinajstić information content (AvgIpc) is 2.31. The molecule has 0 bridgehead atoms. The Labute approximate surface area is 108 Å². The molecular weight excluding hydrogens is 291 g/mol. The molecule has 0 spiro atoms. The number of ether oxygens (including phenoxy) is 2. The third kappa shape index (κ3) is 3.87. The van der Waals surface area contributed by atoms with Gasteiger partial charge in [0.25, 0.3) is 0 Å². The zero-order chi connectivity index (χ0) is 12.8. The average molecular weight is 305 g/mol. The van der Waals surface area contributed by atoms with Crippen molar-refractivity contribution >= 4 is 21.7 Å². The van der Waals surface area contributed by atoms with Crippen molar-refractivity contribution in [1.82, 2.24) is 0 Å².